The Kier molecular flexibility index (Phi) is 3.43. The highest BCUT2D eigenvalue weighted by Gasteiger charge is 2.41. The molecule has 1 aliphatic rings. The molecule has 0 aliphatic carbocycles. The second-order valence-corrected chi connectivity index (χ2v) is 5.70. The molecule has 0 radical (unpaired) electrons. The number of ether oxygens (including phenoxy) is 1. The number of carbonyl (C=O) groups is 1. The van der Waals surface area contributed by atoms with Gasteiger partial charge in [0.2, 0.25) is 5.78 Å². The van der Waals surface area contributed by atoms with Crippen LogP contribution in [0.15, 0.2) is 44.0 Å². The second-order valence-electron chi connectivity index (χ2n) is 4.78. The Morgan fingerprint density at radius 3 is 2.57 bits per heavy atom. The lowest BCUT2D eigenvalue weighted by Crippen LogP contribution is -2.30. The van der Waals surface area contributed by atoms with Crippen molar-refractivity contribution < 1.29 is 19.1 Å². The van der Waals surface area contributed by atoms with Crippen LogP contribution >= 0.6 is 15.9 Å². The third kappa shape index (κ3) is 2.41. The lowest BCUT2D eigenvalue weighted by molar-refractivity contribution is 0.0407. The average Bonchev–Trinajstić information content (AvgIpc) is 2.76. The number of carbonyl (C=O) groups excluding carboxylic acids is 1. The van der Waals surface area contributed by atoms with E-state index >= 15 is 0 Å². The van der Waals surface area contributed by atoms with Crippen LogP contribution in [-0.2, 0) is 0 Å². The van der Waals surface area contributed by atoms with Gasteiger partial charge in [-0.1, -0.05) is 28.1 Å². The maximum atomic E-state index is 12.3. The van der Waals surface area contributed by atoms with Crippen LogP contribution in [0.25, 0.3) is 0 Å². The summed E-state index contributed by atoms with van der Waals surface area (Å²) in [6, 6.07) is 8.35. The summed E-state index contributed by atoms with van der Waals surface area (Å²) in [6.07, 6.45) is -2.29. The molecular weight excluding hydrogens is 340 g/mol. The van der Waals surface area contributed by atoms with E-state index in [0.29, 0.717) is 11.3 Å². The first-order chi connectivity index (χ1) is 9.97. The van der Waals surface area contributed by atoms with Crippen molar-refractivity contribution in [3.63, 3.8) is 0 Å². The number of aliphatic hydroxyl groups excluding tert-OH is 1. The molecular formula is C15H11BrO5. The van der Waals surface area contributed by atoms with E-state index in [-0.39, 0.29) is 11.3 Å². The zero-order valence-corrected chi connectivity index (χ0v) is 12.6. The predicted octanol–water partition coefficient (Wildman–Crippen LogP) is 2.39. The van der Waals surface area contributed by atoms with Gasteiger partial charge in [-0.3, -0.25) is 4.79 Å². The summed E-state index contributed by atoms with van der Waals surface area (Å²) in [4.78, 5) is 24.0. The van der Waals surface area contributed by atoms with E-state index in [1.54, 1.807) is 31.2 Å². The molecule has 108 valence electrons. The third-order valence-electron chi connectivity index (χ3n) is 3.30. The molecule has 1 aromatic carbocycles. The average molecular weight is 351 g/mol. The van der Waals surface area contributed by atoms with Gasteiger partial charge >= 0.3 is 5.63 Å². The van der Waals surface area contributed by atoms with Crippen LogP contribution in [0.1, 0.15) is 27.8 Å². The van der Waals surface area contributed by atoms with Crippen LogP contribution in [0, 0.1) is 6.92 Å². The van der Waals surface area contributed by atoms with Crippen molar-refractivity contribution in [1.82, 2.24) is 0 Å². The molecule has 0 saturated heterocycles. The van der Waals surface area contributed by atoms with Gasteiger partial charge in [0.25, 0.3) is 0 Å². The lowest BCUT2D eigenvalue weighted by atomic mass is 10.00. The molecule has 1 aromatic heterocycles. The zero-order chi connectivity index (χ0) is 15.1. The summed E-state index contributed by atoms with van der Waals surface area (Å²) in [7, 11) is 0. The van der Waals surface area contributed by atoms with Gasteiger partial charge in [0.05, 0.1) is 0 Å². The van der Waals surface area contributed by atoms with Crippen molar-refractivity contribution in [3.05, 3.63) is 62.1 Å². The van der Waals surface area contributed by atoms with Crippen molar-refractivity contribution in [3.8, 4) is 5.75 Å². The molecule has 2 atom stereocenters. The standard InChI is InChI=1S/C15H11BrO5/c1-7-6-10-11(15(19)20-7)13(18)14(21-10)12(17)8-2-4-9(16)5-3-8/h2-6,12,14,17H,1H3. The van der Waals surface area contributed by atoms with E-state index < -0.39 is 23.6 Å². The summed E-state index contributed by atoms with van der Waals surface area (Å²) in [5.41, 5.74) is -0.340. The maximum absolute atomic E-state index is 12.3. The largest absolute Gasteiger partial charge is 0.478 e. The SMILES string of the molecule is Cc1cc2c(c(=O)o1)C(=O)C(C(O)c1ccc(Br)cc1)O2. The summed E-state index contributed by atoms with van der Waals surface area (Å²) in [5, 5.41) is 10.3. The van der Waals surface area contributed by atoms with Gasteiger partial charge in [-0.2, -0.15) is 0 Å². The quantitative estimate of drug-likeness (QED) is 0.899. The Morgan fingerprint density at radius 2 is 1.90 bits per heavy atom. The number of aliphatic hydroxyl groups is 1. The summed E-state index contributed by atoms with van der Waals surface area (Å²) >= 11 is 3.30. The van der Waals surface area contributed by atoms with Crippen LogP contribution in [0.4, 0.5) is 0 Å². The molecule has 0 saturated carbocycles. The first kappa shape index (κ1) is 14.0. The van der Waals surface area contributed by atoms with Gasteiger partial charge in [0.1, 0.15) is 23.2 Å². The van der Waals surface area contributed by atoms with E-state index in [4.69, 9.17) is 9.15 Å². The Balaban J connectivity index is 1.96. The fourth-order valence-electron chi connectivity index (χ4n) is 2.27. The number of aryl methyl sites for hydroxylation is 1. The molecule has 6 heteroatoms. The lowest BCUT2D eigenvalue weighted by Gasteiger charge is -2.17. The molecule has 2 aromatic rings. The Hall–Kier alpha value is -1.92. The van der Waals surface area contributed by atoms with E-state index in [9.17, 15) is 14.7 Å². The van der Waals surface area contributed by atoms with E-state index in [1.807, 2.05) is 0 Å². The van der Waals surface area contributed by atoms with Gasteiger partial charge < -0.3 is 14.3 Å². The number of halogens is 1. The minimum absolute atomic E-state index is 0.137. The fourth-order valence-corrected chi connectivity index (χ4v) is 2.54. The fraction of sp³-hybridized carbons (Fsp3) is 0.200. The highest BCUT2D eigenvalue weighted by atomic mass is 79.9. The van der Waals surface area contributed by atoms with Crippen LogP contribution in [0.2, 0.25) is 0 Å². The van der Waals surface area contributed by atoms with E-state index in [2.05, 4.69) is 15.9 Å². The normalized spacial score (nSPS) is 18.2. The summed E-state index contributed by atoms with van der Waals surface area (Å²) < 4.78 is 11.2. The maximum Gasteiger partial charge on any atom is 0.350 e. The van der Waals surface area contributed by atoms with E-state index in [1.165, 1.54) is 6.07 Å². The van der Waals surface area contributed by atoms with Gasteiger partial charge in [0.15, 0.2) is 6.10 Å². The highest BCUT2D eigenvalue weighted by molar-refractivity contribution is 9.10. The van der Waals surface area contributed by atoms with Gasteiger partial charge in [0, 0.05) is 10.5 Å². The number of benzene rings is 1. The minimum Gasteiger partial charge on any atom is -0.478 e. The third-order valence-corrected chi connectivity index (χ3v) is 3.82. The zero-order valence-electron chi connectivity index (χ0n) is 11.0. The molecule has 0 fully saturated rings. The number of Topliss-reactive ketones (excluding diaryl/α,β-unsaturated/α-hetero) is 1. The first-order valence-corrected chi connectivity index (χ1v) is 7.06. The molecule has 0 bridgehead atoms. The van der Waals surface area contributed by atoms with Crippen LogP contribution in [-0.4, -0.2) is 17.0 Å². The molecule has 0 amide bonds. The topological polar surface area (TPSA) is 76.7 Å². The molecule has 5 nitrogen and oxygen atoms in total. The number of hydrogen-bond acceptors (Lipinski definition) is 5. The molecule has 2 unspecified atom stereocenters. The molecule has 1 N–H and O–H groups in total. The Morgan fingerprint density at radius 1 is 1.24 bits per heavy atom. The van der Waals surface area contributed by atoms with Gasteiger partial charge in [-0.15, -0.1) is 0 Å². The number of ketones is 1. The van der Waals surface area contributed by atoms with Crippen molar-refractivity contribution in [1.29, 1.82) is 0 Å². The molecule has 1 aliphatic heterocycles. The van der Waals surface area contributed by atoms with E-state index in [0.717, 1.165) is 4.47 Å². The monoisotopic (exact) mass is 350 g/mol. The molecule has 3 rings (SSSR count). The number of fused-ring (bicyclic) bond motifs is 1. The minimum atomic E-state index is -1.15. The summed E-state index contributed by atoms with van der Waals surface area (Å²) in [6.45, 7) is 1.59. The smallest absolute Gasteiger partial charge is 0.350 e. The van der Waals surface area contributed by atoms with Crippen LogP contribution in [0.3, 0.4) is 0 Å². The van der Waals surface area contributed by atoms with Crippen molar-refractivity contribution in [2.24, 2.45) is 0 Å². The van der Waals surface area contributed by atoms with Crippen LogP contribution < -0.4 is 10.4 Å². The summed E-state index contributed by atoms with van der Waals surface area (Å²) in [5.74, 6) is -0.0468. The predicted molar refractivity (Wildman–Crippen MR) is 77.6 cm³/mol. The second kappa shape index (κ2) is 5.13. The van der Waals surface area contributed by atoms with Gasteiger partial charge in [-0.05, 0) is 24.6 Å². The van der Waals surface area contributed by atoms with Crippen molar-refractivity contribution >= 4 is 21.7 Å². The van der Waals surface area contributed by atoms with Crippen molar-refractivity contribution in [2.75, 3.05) is 0 Å². The molecule has 0 spiro atoms. The van der Waals surface area contributed by atoms with Crippen LogP contribution in [0.5, 0.6) is 5.75 Å². The van der Waals surface area contributed by atoms with Crippen molar-refractivity contribution in [2.45, 2.75) is 19.1 Å². The number of rotatable bonds is 2. The van der Waals surface area contributed by atoms with Gasteiger partial charge in [-0.25, -0.2) is 4.79 Å². The Bertz CT molecular complexity index is 763. The highest BCUT2D eigenvalue weighted by Crippen LogP contribution is 2.33. The first-order valence-electron chi connectivity index (χ1n) is 6.26. The Labute approximate surface area is 128 Å². The number of hydrogen-bond donors (Lipinski definition) is 1. The molecule has 2 heterocycles. The molecule has 21 heavy (non-hydrogen) atoms.